The molecule has 4 N–H and O–H groups in total. The van der Waals surface area contributed by atoms with Gasteiger partial charge in [0.2, 0.25) is 11.8 Å². The Hall–Kier alpha value is -5.05. The van der Waals surface area contributed by atoms with E-state index in [1.54, 1.807) is 37.4 Å². The van der Waals surface area contributed by atoms with Crippen LogP contribution in [0.2, 0.25) is 10.0 Å². The third-order valence-corrected chi connectivity index (χ3v) is 11.9. The molecule has 58 heavy (non-hydrogen) atoms. The predicted molar refractivity (Wildman–Crippen MR) is 219 cm³/mol. The third kappa shape index (κ3) is 8.98. The van der Waals surface area contributed by atoms with E-state index in [9.17, 15) is 23.6 Å². The number of imide groups is 2. The van der Waals surface area contributed by atoms with E-state index >= 15 is 0 Å². The van der Waals surface area contributed by atoms with Crippen LogP contribution in [0.5, 0.6) is 5.75 Å². The minimum absolute atomic E-state index is 0.0877. The average Bonchev–Trinajstić information content (AvgIpc) is 3.80. The highest BCUT2D eigenvalue weighted by Crippen LogP contribution is 2.38. The van der Waals surface area contributed by atoms with E-state index in [0.29, 0.717) is 40.2 Å². The van der Waals surface area contributed by atoms with Gasteiger partial charge in [0.15, 0.2) is 11.6 Å². The summed E-state index contributed by atoms with van der Waals surface area (Å²) in [6.07, 6.45) is 13.6. The lowest BCUT2D eigenvalue weighted by Crippen LogP contribution is -2.54. The van der Waals surface area contributed by atoms with Crippen LogP contribution in [0.1, 0.15) is 110 Å². The molecule has 4 amide bonds. The van der Waals surface area contributed by atoms with Gasteiger partial charge in [-0.05, 0) is 75.9 Å². The molecule has 0 aliphatic carbocycles. The van der Waals surface area contributed by atoms with Crippen LogP contribution in [-0.4, -0.2) is 80.4 Å². The number of carbonyl (C=O) groups is 4. The van der Waals surface area contributed by atoms with Crippen molar-refractivity contribution >= 4 is 58.3 Å². The number of carbonyl (C=O) groups excluding carboxylic acids is 4. The Morgan fingerprint density at radius 1 is 0.966 bits per heavy atom. The number of nitrogens with zero attached hydrogens (tertiary/aromatic N) is 5. The molecule has 13 nitrogen and oxygen atoms in total. The number of anilines is 2. The van der Waals surface area contributed by atoms with Gasteiger partial charge in [-0.3, -0.25) is 34.1 Å². The van der Waals surface area contributed by atoms with Crippen LogP contribution in [0.3, 0.4) is 0 Å². The monoisotopic (exact) mass is 832 g/mol. The second-order valence-electron chi connectivity index (χ2n) is 15.1. The first kappa shape index (κ1) is 41.1. The first-order valence-corrected chi connectivity index (χ1v) is 20.7. The second-order valence-corrected chi connectivity index (χ2v) is 15.9. The number of amides is 4. The number of unbranched alkanes of at least 4 members (excludes halogenated alkanes) is 5. The second kappa shape index (κ2) is 18.3. The minimum atomic E-state index is -0.979. The molecule has 0 spiro atoms. The number of piperidine rings is 2. The molecule has 2 aromatic carbocycles. The summed E-state index contributed by atoms with van der Waals surface area (Å²) in [4.78, 5) is 58.2. The average molecular weight is 834 g/mol. The van der Waals surface area contributed by atoms with Crippen molar-refractivity contribution in [1.29, 1.82) is 0 Å². The van der Waals surface area contributed by atoms with Crippen molar-refractivity contribution in [2.75, 3.05) is 37.2 Å². The highest BCUT2D eigenvalue weighted by Gasteiger charge is 2.45. The number of nitrogens with one attached hydrogen (secondary N) is 2. The van der Waals surface area contributed by atoms with Gasteiger partial charge in [0.05, 0.1) is 28.4 Å². The molecule has 7 rings (SSSR count). The molecule has 16 heteroatoms. The van der Waals surface area contributed by atoms with Crippen molar-refractivity contribution in [2.45, 2.75) is 89.3 Å². The molecule has 306 valence electrons. The van der Waals surface area contributed by atoms with Gasteiger partial charge in [0, 0.05) is 65.8 Å². The number of fused-ring (bicyclic) bond motifs is 1. The molecule has 2 saturated heterocycles. The lowest BCUT2D eigenvalue weighted by molar-refractivity contribution is -0.136. The molecular weight excluding hydrogens is 786 g/mol. The number of benzene rings is 2. The molecule has 2 fully saturated rings. The summed E-state index contributed by atoms with van der Waals surface area (Å²) in [7, 11) is 0. The number of halogens is 3. The summed E-state index contributed by atoms with van der Waals surface area (Å²) in [6, 6.07) is 8.90. The maximum Gasteiger partial charge on any atom is 0.264 e. The summed E-state index contributed by atoms with van der Waals surface area (Å²) >= 11 is 12.5. The molecule has 5 heterocycles. The standard InChI is InChI=1S/C42H47Cl2FN8O5/c1-25(36-30(43)11-12-31(45)38(36)44)58-34-21-26(22-48-39(34)46)27-23-49-52(24-27)28-15-19-51(20-16-28)18-7-5-3-2-4-6-17-47-32-10-8-9-29-37(32)42(57)53(41(29)56)33-13-14-35(54)50-40(33)55/h8-12,21-25,28,33,47H,2-7,13-20H2,1H3,(H2,46,48)(H,50,54,55). The Balaban J connectivity index is 0.794. The number of ether oxygens (including phenoxy) is 1. The van der Waals surface area contributed by atoms with E-state index in [-0.39, 0.29) is 29.2 Å². The Labute approximate surface area is 346 Å². The van der Waals surface area contributed by atoms with Gasteiger partial charge in [0.1, 0.15) is 18.0 Å². The summed E-state index contributed by atoms with van der Waals surface area (Å²) in [6.45, 7) is 5.49. The quantitative estimate of drug-likeness (QED) is 0.0582. The number of pyridine rings is 1. The molecule has 0 bridgehead atoms. The van der Waals surface area contributed by atoms with Crippen LogP contribution in [0.15, 0.2) is 55.0 Å². The number of nitrogens with two attached hydrogens (primary N) is 1. The fraction of sp³-hybridized carbons (Fsp3) is 0.429. The Kier molecular flexibility index (Phi) is 12.9. The van der Waals surface area contributed by atoms with E-state index in [1.165, 1.54) is 12.1 Å². The molecular formula is C42H47Cl2FN8O5. The minimum Gasteiger partial charge on any atom is -0.482 e. The fourth-order valence-corrected chi connectivity index (χ4v) is 8.70. The first-order valence-electron chi connectivity index (χ1n) is 19.9. The number of nitrogen functional groups attached to an aromatic ring is 1. The largest absolute Gasteiger partial charge is 0.482 e. The maximum absolute atomic E-state index is 14.1. The molecule has 0 saturated carbocycles. The SMILES string of the molecule is CC(Oc1cc(-c2cnn(C3CCN(CCCCCCCCNc4cccc5c4C(=O)N(C4CCC(=O)NC4=O)C5=O)CC3)c2)cnc1N)c1c(Cl)ccc(F)c1Cl. The zero-order valence-corrected chi connectivity index (χ0v) is 33.8. The lowest BCUT2D eigenvalue weighted by atomic mass is 10.0. The van der Waals surface area contributed by atoms with Crippen LogP contribution >= 0.6 is 23.2 Å². The van der Waals surface area contributed by atoms with Crippen molar-refractivity contribution in [2.24, 2.45) is 0 Å². The van der Waals surface area contributed by atoms with Crippen LogP contribution in [-0.2, 0) is 9.59 Å². The number of hydrogen-bond acceptors (Lipinski definition) is 10. The van der Waals surface area contributed by atoms with Crippen LogP contribution in [0, 0.1) is 5.82 Å². The van der Waals surface area contributed by atoms with Gasteiger partial charge in [-0.15, -0.1) is 0 Å². The number of aromatic nitrogens is 3. The molecule has 2 atom stereocenters. The van der Waals surface area contributed by atoms with Crippen LogP contribution in [0.25, 0.3) is 11.1 Å². The molecule has 2 unspecified atom stereocenters. The van der Waals surface area contributed by atoms with Gasteiger partial charge < -0.3 is 20.7 Å². The fourth-order valence-electron chi connectivity index (χ4n) is 8.02. The highest BCUT2D eigenvalue weighted by atomic mass is 35.5. The molecule has 3 aliphatic rings. The smallest absolute Gasteiger partial charge is 0.264 e. The van der Waals surface area contributed by atoms with Crippen molar-refractivity contribution in [1.82, 2.24) is 29.9 Å². The summed E-state index contributed by atoms with van der Waals surface area (Å²) in [5.41, 5.74) is 9.32. The van der Waals surface area contributed by atoms with Gasteiger partial charge in [0.25, 0.3) is 11.8 Å². The van der Waals surface area contributed by atoms with Crippen LogP contribution in [0.4, 0.5) is 15.9 Å². The zero-order chi connectivity index (χ0) is 40.9. The highest BCUT2D eigenvalue weighted by molar-refractivity contribution is 6.36. The molecule has 4 aromatic rings. The first-order chi connectivity index (χ1) is 28.0. The van der Waals surface area contributed by atoms with E-state index in [1.807, 2.05) is 17.1 Å². The molecule has 3 aliphatic heterocycles. The van der Waals surface area contributed by atoms with Crippen molar-refractivity contribution in [3.8, 4) is 16.9 Å². The predicted octanol–water partition coefficient (Wildman–Crippen LogP) is 7.60. The van der Waals surface area contributed by atoms with Gasteiger partial charge >= 0.3 is 0 Å². The maximum atomic E-state index is 14.1. The van der Waals surface area contributed by atoms with Crippen molar-refractivity contribution in [3.63, 3.8) is 0 Å². The van der Waals surface area contributed by atoms with Crippen molar-refractivity contribution < 1.29 is 28.3 Å². The van der Waals surface area contributed by atoms with Gasteiger partial charge in [-0.1, -0.05) is 55.0 Å². The van der Waals surface area contributed by atoms with Crippen molar-refractivity contribution in [3.05, 3.63) is 87.5 Å². The molecule has 2 aromatic heterocycles. The van der Waals surface area contributed by atoms with E-state index in [2.05, 4.69) is 25.6 Å². The van der Waals surface area contributed by atoms with E-state index in [0.717, 1.165) is 87.0 Å². The topological polar surface area (TPSA) is 165 Å². The Morgan fingerprint density at radius 3 is 2.50 bits per heavy atom. The summed E-state index contributed by atoms with van der Waals surface area (Å²) < 4.78 is 22.2. The normalized spacial score (nSPS) is 18.1. The number of hydrogen-bond donors (Lipinski definition) is 3. The summed E-state index contributed by atoms with van der Waals surface area (Å²) in [5, 5.41) is 10.5. The van der Waals surface area contributed by atoms with E-state index < -0.39 is 41.6 Å². The molecule has 0 radical (unpaired) electrons. The van der Waals surface area contributed by atoms with Gasteiger partial charge in [-0.25, -0.2) is 9.37 Å². The third-order valence-electron chi connectivity index (χ3n) is 11.2. The van der Waals surface area contributed by atoms with Crippen LogP contribution < -0.4 is 21.1 Å². The van der Waals surface area contributed by atoms with E-state index in [4.69, 9.17) is 33.7 Å². The zero-order valence-electron chi connectivity index (χ0n) is 32.3. The van der Waals surface area contributed by atoms with Gasteiger partial charge in [-0.2, -0.15) is 5.10 Å². The Bertz CT molecular complexity index is 2190. The summed E-state index contributed by atoms with van der Waals surface area (Å²) in [5.74, 6) is -2.06. The number of likely N-dealkylation sites (tertiary alicyclic amines) is 1. The number of rotatable bonds is 16. The lowest BCUT2D eigenvalue weighted by Gasteiger charge is -2.32. The Morgan fingerprint density at radius 2 is 1.72 bits per heavy atom.